The van der Waals surface area contributed by atoms with Crippen LogP contribution in [-0.4, -0.2) is 41.0 Å². The number of pyridine rings is 1. The van der Waals surface area contributed by atoms with Gasteiger partial charge in [-0.1, -0.05) is 6.07 Å². The molecule has 0 aliphatic carbocycles. The second-order valence-corrected chi connectivity index (χ2v) is 4.45. The van der Waals surface area contributed by atoms with Crippen LogP contribution in [0.2, 0.25) is 0 Å². The Morgan fingerprint density at radius 2 is 2.47 bits per heavy atom. The summed E-state index contributed by atoms with van der Waals surface area (Å²) in [6.45, 7) is 3.88. The van der Waals surface area contributed by atoms with Gasteiger partial charge in [0.1, 0.15) is 6.04 Å². The van der Waals surface area contributed by atoms with Crippen molar-refractivity contribution in [2.24, 2.45) is 5.73 Å². The standard InChI is InChI=1S/C12H18N4O/c1-9-7-16(11(5-13)12(17)15-9)8-10-3-2-4-14-6-10/h2-4,6,9,11H,5,7-8,13H2,1H3,(H,15,17). The van der Waals surface area contributed by atoms with Crippen LogP contribution in [-0.2, 0) is 11.3 Å². The van der Waals surface area contributed by atoms with Crippen LogP contribution in [0.5, 0.6) is 0 Å². The number of nitrogens with two attached hydrogens (primary N) is 1. The number of nitrogens with one attached hydrogen (secondary N) is 1. The first-order chi connectivity index (χ1) is 8.20. The van der Waals surface area contributed by atoms with Crippen molar-refractivity contribution in [1.82, 2.24) is 15.2 Å². The molecular weight excluding hydrogens is 216 g/mol. The molecule has 1 saturated heterocycles. The lowest BCUT2D eigenvalue weighted by molar-refractivity contribution is -0.130. The normalized spacial score (nSPS) is 25.6. The average molecular weight is 234 g/mol. The lowest BCUT2D eigenvalue weighted by Crippen LogP contribution is -2.61. The molecule has 0 saturated carbocycles. The predicted octanol–water partition coefficient (Wildman–Crippen LogP) is -0.271. The molecule has 17 heavy (non-hydrogen) atoms. The van der Waals surface area contributed by atoms with Crippen LogP contribution in [0.3, 0.4) is 0 Å². The lowest BCUT2D eigenvalue weighted by atomic mass is 10.1. The Hall–Kier alpha value is -1.46. The van der Waals surface area contributed by atoms with E-state index in [1.54, 1.807) is 6.20 Å². The summed E-state index contributed by atoms with van der Waals surface area (Å²) < 4.78 is 0. The van der Waals surface area contributed by atoms with E-state index < -0.39 is 0 Å². The molecule has 2 unspecified atom stereocenters. The zero-order chi connectivity index (χ0) is 12.3. The summed E-state index contributed by atoms with van der Waals surface area (Å²) in [6, 6.07) is 3.85. The van der Waals surface area contributed by atoms with E-state index in [2.05, 4.69) is 15.2 Å². The number of hydrogen-bond donors (Lipinski definition) is 2. The maximum atomic E-state index is 11.8. The smallest absolute Gasteiger partial charge is 0.238 e. The first kappa shape index (κ1) is 12.0. The highest BCUT2D eigenvalue weighted by atomic mass is 16.2. The Balaban J connectivity index is 2.09. The van der Waals surface area contributed by atoms with Crippen LogP contribution < -0.4 is 11.1 Å². The first-order valence-electron chi connectivity index (χ1n) is 5.84. The molecule has 5 heteroatoms. The van der Waals surface area contributed by atoms with Gasteiger partial charge in [-0.25, -0.2) is 0 Å². The number of piperazine rings is 1. The quantitative estimate of drug-likeness (QED) is 0.755. The van der Waals surface area contributed by atoms with Crippen molar-refractivity contribution in [3.05, 3.63) is 30.1 Å². The van der Waals surface area contributed by atoms with Crippen LogP contribution in [0.15, 0.2) is 24.5 Å². The molecule has 92 valence electrons. The van der Waals surface area contributed by atoms with Gasteiger partial charge in [0.25, 0.3) is 0 Å². The molecule has 3 N–H and O–H groups in total. The number of carbonyl (C=O) groups is 1. The van der Waals surface area contributed by atoms with Crippen molar-refractivity contribution in [2.45, 2.75) is 25.6 Å². The van der Waals surface area contributed by atoms with Crippen LogP contribution in [0, 0.1) is 0 Å². The summed E-state index contributed by atoms with van der Waals surface area (Å²) in [6.07, 6.45) is 3.57. The molecule has 0 spiro atoms. The van der Waals surface area contributed by atoms with Gasteiger partial charge in [-0.05, 0) is 18.6 Å². The van der Waals surface area contributed by atoms with Crippen molar-refractivity contribution in [3.8, 4) is 0 Å². The average Bonchev–Trinajstić information content (AvgIpc) is 2.30. The molecule has 1 amide bonds. The molecule has 5 nitrogen and oxygen atoms in total. The van der Waals surface area contributed by atoms with Crippen molar-refractivity contribution in [3.63, 3.8) is 0 Å². The molecule has 1 aromatic rings. The predicted molar refractivity (Wildman–Crippen MR) is 65.1 cm³/mol. The highest BCUT2D eigenvalue weighted by molar-refractivity contribution is 5.83. The van der Waals surface area contributed by atoms with Gasteiger partial charge in [0, 0.05) is 38.1 Å². The minimum Gasteiger partial charge on any atom is -0.351 e. The van der Waals surface area contributed by atoms with Gasteiger partial charge in [0.05, 0.1) is 0 Å². The van der Waals surface area contributed by atoms with Gasteiger partial charge in [0.15, 0.2) is 0 Å². The maximum Gasteiger partial charge on any atom is 0.238 e. The summed E-state index contributed by atoms with van der Waals surface area (Å²) in [4.78, 5) is 18.0. The van der Waals surface area contributed by atoms with E-state index in [4.69, 9.17) is 5.73 Å². The molecule has 1 aromatic heterocycles. The van der Waals surface area contributed by atoms with Gasteiger partial charge in [-0.2, -0.15) is 0 Å². The SMILES string of the molecule is CC1CN(Cc2cccnc2)C(CN)C(=O)N1. The molecule has 1 fully saturated rings. The summed E-state index contributed by atoms with van der Waals surface area (Å²) >= 11 is 0. The van der Waals surface area contributed by atoms with Crippen LogP contribution in [0.4, 0.5) is 0 Å². The summed E-state index contributed by atoms with van der Waals surface area (Å²) in [7, 11) is 0. The molecule has 2 atom stereocenters. The number of hydrogen-bond acceptors (Lipinski definition) is 4. The largest absolute Gasteiger partial charge is 0.351 e. The van der Waals surface area contributed by atoms with Crippen molar-refractivity contribution in [2.75, 3.05) is 13.1 Å². The molecule has 2 heterocycles. The number of carbonyl (C=O) groups excluding carboxylic acids is 1. The number of amides is 1. The fourth-order valence-electron chi connectivity index (χ4n) is 2.19. The highest BCUT2D eigenvalue weighted by Crippen LogP contribution is 2.12. The third-order valence-electron chi connectivity index (χ3n) is 2.97. The van der Waals surface area contributed by atoms with E-state index in [-0.39, 0.29) is 18.0 Å². The molecule has 0 bridgehead atoms. The van der Waals surface area contributed by atoms with E-state index in [9.17, 15) is 4.79 Å². The summed E-state index contributed by atoms with van der Waals surface area (Å²) in [5, 5.41) is 2.92. The number of nitrogens with zero attached hydrogens (tertiary/aromatic N) is 2. The zero-order valence-electron chi connectivity index (χ0n) is 9.97. The van der Waals surface area contributed by atoms with Crippen molar-refractivity contribution in [1.29, 1.82) is 0 Å². The highest BCUT2D eigenvalue weighted by Gasteiger charge is 2.31. The van der Waals surface area contributed by atoms with Gasteiger partial charge < -0.3 is 11.1 Å². The third-order valence-corrected chi connectivity index (χ3v) is 2.97. The van der Waals surface area contributed by atoms with Crippen LogP contribution in [0.25, 0.3) is 0 Å². The van der Waals surface area contributed by atoms with E-state index in [1.165, 1.54) is 0 Å². The molecule has 0 aromatic carbocycles. The third kappa shape index (κ3) is 2.81. The van der Waals surface area contributed by atoms with E-state index in [0.717, 1.165) is 12.1 Å². The van der Waals surface area contributed by atoms with Gasteiger partial charge >= 0.3 is 0 Å². The number of aromatic nitrogens is 1. The Labute approximate surface area is 101 Å². The van der Waals surface area contributed by atoms with Gasteiger partial charge in [-0.15, -0.1) is 0 Å². The first-order valence-corrected chi connectivity index (χ1v) is 5.84. The molecule has 0 radical (unpaired) electrons. The van der Waals surface area contributed by atoms with Crippen LogP contribution in [0.1, 0.15) is 12.5 Å². The summed E-state index contributed by atoms with van der Waals surface area (Å²) in [5.41, 5.74) is 6.77. The Bertz CT molecular complexity index is 381. The fraction of sp³-hybridized carbons (Fsp3) is 0.500. The van der Waals surface area contributed by atoms with E-state index >= 15 is 0 Å². The minimum absolute atomic E-state index is 0.0233. The van der Waals surface area contributed by atoms with Gasteiger partial charge in [-0.3, -0.25) is 14.7 Å². The molecule has 2 rings (SSSR count). The topological polar surface area (TPSA) is 71.2 Å². The monoisotopic (exact) mass is 234 g/mol. The maximum absolute atomic E-state index is 11.8. The Morgan fingerprint density at radius 1 is 1.65 bits per heavy atom. The fourth-order valence-corrected chi connectivity index (χ4v) is 2.19. The molecular formula is C12H18N4O. The van der Waals surface area contributed by atoms with Crippen molar-refractivity contribution >= 4 is 5.91 Å². The van der Waals surface area contributed by atoms with E-state index in [0.29, 0.717) is 13.1 Å². The molecule has 1 aliphatic rings. The minimum atomic E-state index is -0.230. The van der Waals surface area contributed by atoms with E-state index in [1.807, 2.05) is 25.3 Å². The molecule has 1 aliphatic heterocycles. The lowest BCUT2D eigenvalue weighted by Gasteiger charge is -2.37. The van der Waals surface area contributed by atoms with Gasteiger partial charge in [0.2, 0.25) is 5.91 Å². The Morgan fingerprint density at radius 3 is 3.12 bits per heavy atom. The van der Waals surface area contributed by atoms with Crippen molar-refractivity contribution < 1.29 is 4.79 Å². The number of rotatable bonds is 3. The van der Waals surface area contributed by atoms with Crippen LogP contribution >= 0.6 is 0 Å². The summed E-state index contributed by atoms with van der Waals surface area (Å²) in [5.74, 6) is 0.0233. The zero-order valence-corrected chi connectivity index (χ0v) is 9.97. The Kier molecular flexibility index (Phi) is 3.71. The second-order valence-electron chi connectivity index (χ2n) is 4.45. The second kappa shape index (κ2) is 5.25.